The van der Waals surface area contributed by atoms with Crippen LogP contribution in [0.1, 0.15) is 22.3 Å². The van der Waals surface area contributed by atoms with Crippen molar-refractivity contribution < 1.29 is 9.53 Å². The van der Waals surface area contributed by atoms with E-state index in [0.717, 1.165) is 5.56 Å². The topological polar surface area (TPSA) is 26.3 Å². The molecule has 0 amide bonds. The number of hydrogen-bond donors (Lipinski definition) is 1. The molecule has 0 fully saturated rings. The van der Waals surface area contributed by atoms with Gasteiger partial charge in [-0.3, -0.25) is 4.79 Å². The summed E-state index contributed by atoms with van der Waals surface area (Å²) in [6.07, 6.45) is 0.388. The normalized spacial score (nSPS) is 10.1. The van der Waals surface area contributed by atoms with Crippen LogP contribution in [0.25, 0.3) is 0 Å². The number of halogens is 1. The quantitative estimate of drug-likeness (QED) is 0.651. The predicted octanol–water partition coefficient (Wildman–Crippen LogP) is 3.16. The maximum absolute atomic E-state index is 11.7. The first-order valence-corrected chi connectivity index (χ1v) is 5.59. The van der Waals surface area contributed by atoms with Crippen molar-refractivity contribution in [2.24, 2.45) is 0 Å². The summed E-state index contributed by atoms with van der Waals surface area (Å²) in [6.45, 7) is 1.86. The molecule has 0 unspecified atom stereocenters. The highest BCUT2D eigenvalue weighted by molar-refractivity contribution is 7.80. The van der Waals surface area contributed by atoms with Crippen LogP contribution in [0.2, 0.25) is 5.02 Å². The number of carbonyl (C=O) groups is 1. The van der Waals surface area contributed by atoms with E-state index < -0.39 is 0 Å². The van der Waals surface area contributed by atoms with E-state index in [1.165, 1.54) is 0 Å². The van der Waals surface area contributed by atoms with E-state index in [0.29, 0.717) is 28.5 Å². The van der Waals surface area contributed by atoms with Crippen molar-refractivity contribution in [3.63, 3.8) is 0 Å². The van der Waals surface area contributed by atoms with E-state index in [1.807, 2.05) is 6.92 Å². The molecule has 0 radical (unpaired) electrons. The van der Waals surface area contributed by atoms with Crippen LogP contribution in [-0.2, 0) is 0 Å². The number of hydrogen-bond acceptors (Lipinski definition) is 3. The van der Waals surface area contributed by atoms with Crippen LogP contribution in [0.15, 0.2) is 12.1 Å². The minimum Gasteiger partial charge on any atom is -0.496 e. The molecule has 0 aliphatic rings. The largest absolute Gasteiger partial charge is 0.496 e. The van der Waals surface area contributed by atoms with Gasteiger partial charge in [-0.2, -0.15) is 12.6 Å². The van der Waals surface area contributed by atoms with E-state index in [9.17, 15) is 4.79 Å². The van der Waals surface area contributed by atoms with Gasteiger partial charge in [0.2, 0.25) is 0 Å². The Labute approximate surface area is 100.0 Å². The third kappa shape index (κ3) is 2.89. The number of benzene rings is 1. The summed E-state index contributed by atoms with van der Waals surface area (Å²) in [5.74, 6) is 1.13. The van der Waals surface area contributed by atoms with Gasteiger partial charge in [0.15, 0.2) is 5.78 Å². The van der Waals surface area contributed by atoms with Crippen LogP contribution in [0.5, 0.6) is 5.75 Å². The van der Waals surface area contributed by atoms with Gasteiger partial charge in [0.1, 0.15) is 5.75 Å². The van der Waals surface area contributed by atoms with Crippen LogP contribution in [0.4, 0.5) is 0 Å². The maximum Gasteiger partial charge on any atom is 0.167 e. The molecule has 2 nitrogen and oxygen atoms in total. The van der Waals surface area contributed by atoms with E-state index >= 15 is 0 Å². The second kappa shape index (κ2) is 5.42. The highest BCUT2D eigenvalue weighted by atomic mass is 35.5. The molecule has 0 N–H and O–H groups in total. The zero-order valence-electron chi connectivity index (χ0n) is 8.71. The monoisotopic (exact) mass is 244 g/mol. The van der Waals surface area contributed by atoms with Crippen molar-refractivity contribution in [2.75, 3.05) is 12.9 Å². The van der Waals surface area contributed by atoms with E-state index in [1.54, 1.807) is 19.2 Å². The predicted molar refractivity (Wildman–Crippen MR) is 65.5 cm³/mol. The number of ketones is 1. The molecule has 0 aromatic heterocycles. The van der Waals surface area contributed by atoms with Crippen LogP contribution >= 0.6 is 24.2 Å². The number of aryl methyl sites for hydroxylation is 1. The number of methoxy groups -OCH3 is 1. The lowest BCUT2D eigenvalue weighted by Crippen LogP contribution is -2.04. The smallest absolute Gasteiger partial charge is 0.167 e. The average Bonchev–Trinajstić information content (AvgIpc) is 2.17. The van der Waals surface area contributed by atoms with Gasteiger partial charge in [0.25, 0.3) is 0 Å². The summed E-state index contributed by atoms with van der Waals surface area (Å²) in [5.41, 5.74) is 1.41. The zero-order valence-corrected chi connectivity index (χ0v) is 10.4. The van der Waals surface area contributed by atoms with E-state index in [2.05, 4.69) is 12.6 Å². The lowest BCUT2D eigenvalue weighted by atomic mass is 10.0. The van der Waals surface area contributed by atoms with Gasteiger partial charge in [-0.25, -0.2) is 0 Å². The van der Waals surface area contributed by atoms with Crippen LogP contribution in [-0.4, -0.2) is 18.6 Å². The fraction of sp³-hybridized carbons (Fsp3) is 0.364. The first-order chi connectivity index (χ1) is 7.10. The first kappa shape index (κ1) is 12.4. The Morgan fingerprint density at radius 1 is 1.53 bits per heavy atom. The van der Waals surface area contributed by atoms with Crippen molar-refractivity contribution in [3.8, 4) is 5.75 Å². The minimum absolute atomic E-state index is 0.00690. The number of carbonyl (C=O) groups excluding carboxylic acids is 1. The van der Waals surface area contributed by atoms with E-state index in [-0.39, 0.29) is 5.78 Å². The minimum atomic E-state index is 0.00690. The molecular weight excluding hydrogens is 232 g/mol. The highest BCUT2D eigenvalue weighted by Crippen LogP contribution is 2.28. The number of thiol groups is 1. The zero-order chi connectivity index (χ0) is 11.4. The van der Waals surface area contributed by atoms with Gasteiger partial charge in [-0.15, -0.1) is 0 Å². The maximum atomic E-state index is 11.7. The second-order valence-corrected chi connectivity index (χ2v) is 4.08. The van der Waals surface area contributed by atoms with Crippen LogP contribution in [0.3, 0.4) is 0 Å². The Kier molecular flexibility index (Phi) is 4.48. The molecule has 0 aliphatic heterocycles. The molecule has 0 heterocycles. The Bertz CT molecular complexity index is 377. The van der Waals surface area contributed by atoms with Crippen molar-refractivity contribution in [2.45, 2.75) is 13.3 Å². The van der Waals surface area contributed by atoms with Gasteiger partial charge >= 0.3 is 0 Å². The third-order valence-electron chi connectivity index (χ3n) is 2.08. The first-order valence-electron chi connectivity index (χ1n) is 4.58. The average molecular weight is 245 g/mol. The lowest BCUT2D eigenvalue weighted by molar-refractivity contribution is 0.0986. The van der Waals surface area contributed by atoms with Gasteiger partial charge in [-0.05, 0) is 30.4 Å². The summed E-state index contributed by atoms with van der Waals surface area (Å²) in [6, 6.07) is 3.41. The van der Waals surface area contributed by atoms with Crippen molar-refractivity contribution >= 4 is 30.0 Å². The molecular formula is C11H13ClO2S. The van der Waals surface area contributed by atoms with Crippen LogP contribution < -0.4 is 4.74 Å². The Balaban J connectivity index is 3.20. The fourth-order valence-corrected chi connectivity index (χ4v) is 1.92. The van der Waals surface area contributed by atoms with Crippen LogP contribution in [0, 0.1) is 6.92 Å². The Morgan fingerprint density at radius 2 is 2.20 bits per heavy atom. The molecule has 0 atom stereocenters. The van der Waals surface area contributed by atoms with Gasteiger partial charge in [0.05, 0.1) is 12.7 Å². The third-order valence-corrected chi connectivity index (χ3v) is 2.52. The Hall–Kier alpha value is -0.670. The summed E-state index contributed by atoms with van der Waals surface area (Å²) in [5, 5.41) is 0.552. The van der Waals surface area contributed by atoms with Gasteiger partial charge in [0, 0.05) is 11.4 Å². The van der Waals surface area contributed by atoms with Crippen molar-refractivity contribution in [3.05, 3.63) is 28.3 Å². The highest BCUT2D eigenvalue weighted by Gasteiger charge is 2.14. The van der Waals surface area contributed by atoms with Gasteiger partial charge < -0.3 is 4.74 Å². The number of rotatable bonds is 4. The number of ether oxygens (including phenoxy) is 1. The molecule has 4 heteroatoms. The second-order valence-electron chi connectivity index (χ2n) is 3.20. The standard InChI is InChI=1S/C11H13ClO2S/c1-7-5-8(12)6-9(11(7)14-2)10(13)3-4-15/h5-6,15H,3-4H2,1-2H3. The summed E-state index contributed by atoms with van der Waals surface area (Å²) in [7, 11) is 1.55. The van der Waals surface area contributed by atoms with E-state index in [4.69, 9.17) is 16.3 Å². The molecule has 1 rings (SSSR count). The number of Topliss-reactive ketones (excluding diaryl/α,β-unsaturated/α-hetero) is 1. The lowest BCUT2D eigenvalue weighted by Gasteiger charge is -2.10. The molecule has 1 aromatic carbocycles. The molecule has 0 aliphatic carbocycles. The Morgan fingerprint density at radius 3 is 2.73 bits per heavy atom. The molecule has 1 aromatic rings. The summed E-state index contributed by atoms with van der Waals surface area (Å²) < 4.78 is 5.19. The van der Waals surface area contributed by atoms with Crippen molar-refractivity contribution in [1.82, 2.24) is 0 Å². The molecule has 0 spiro atoms. The molecule has 0 bridgehead atoms. The summed E-state index contributed by atoms with van der Waals surface area (Å²) in [4.78, 5) is 11.7. The molecule has 15 heavy (non-hydrogen) atoms. The molecule has 82 valence electrons. The molecule has 0 saturated carbocycles. The molecule has 0 saturated heterocycles. The van der Waals surface area contributed by atoms with Crippen molar-refractivity contribution in [1.29, 1.82) is 0 Å². The van der Waals surface area contributed by atoms with Gasteiger partial charge in [-0.1, -0.05) is 11.6 Å². The summed E-state index contributed by atoms with van der Waals surface area (Å²) >= 11 is 9.93. The fourth-order valence-electron chi connectivity index (χ4n) is 1.44. The SMILES string of the molecule is COc1c(C)cc(Cl)cc1C(=O)CCS.